The summed E-state index contributed by atoms with van der Waals surface area (Å²) in [6, 6.07) is 4.66. The average Bonchev–Trinajstić information content (AvgIpc) is 3.62. The predicted molar refractivity (Wildman–Crippen MR) is 157 cm³/mol. The molecule has 3 aliphatic heterocycles. The second-order valence-electron chi connectivity index (χ2n) is 11.3. The molecule has 0 unspecified atom stereocenters. The summed E-state index contributed by atoms with van der Waals surface area (Å²) in [6.07, 6.45) is 0.575. The summed E-state index contributed by atoms with van der Waals surface area (Å²) in [5.74, 6) is -0.812. The molecule has 1 amide bonds. The van der Waals surface area contributed by atoms with Crippen molar-refractivity contribution >= 4 is 55.0 Å². The third-order valence-corrected chi connectivity index (χ3v) is 9.58. The molecule has 2 aromatic heterocycles. The molecule has 3 N–H and O–H groups in total. The maximum atomic E-state index is 17.0. The highest BCUT2D eigenvalue weighted by Crippen LogP contribution is 2.47. The number of fused-ring (bicyclic) bond motifs is 4. The van der Waals surface area contributed by atoms with Crippen molar-refractivity contribution in [3.63, 3.8) is 0 Å². The number of halogens is 2. The minimum Gasteiger partial charge on any atom is -0.389 e. The van der Waals surface area contributed by atoms with Gasteiger partial charge in [-0.15, -0.1) is 11.3 Å². The number of carbonyl (C=O) groups excluding carboxylic acids is 1. The van der Waals surface area contributed by atoms with Crippen LogP contribution in [0.5, 0.6) is 0 Å². The molecule has 0 saturated carbocycles. The van der Waals surface area contributed by atoms with Crippen molar-refractivity contribution < 1.29 is 18.3 Å². The number of ether oxygens (including phenoxy) is 1. The van der Waals surface area contributed by atoms with Gasteiger partial charge in [-0.1, -0.05) is 0 Å². The molecule has 7 rings (SSSR count). The Bertz CT molecular complexity index is 1850. The molecule has 0 aliphatic carbocycles. The monoisotopic (exact) mass is 590 g/mol. The number of rotatable bonds is 5. The molecular weight excluding hydrogens is 562 g/mol. The van der Waals surface area contributed by atoms with E-state index in [-0.39, 0.29) is 51.7 Å². The number of nitrogens with two attached hydrogens (primary N) is 1. The van der Waals surface area contributed by atoms with E-state index in [0.717, 1.165) is 11.3 Å². The number of nitrogens with one attached hydrogen (secondary N) is 1. The van der Waals surface area contributed by atoms with E-state index in [1.54, 1.807) is 18.0 Å². The van der Waals surface area contributed by atoms with Crippen LogP contribution < -0.4 is 16.0 Å². The molecule has 0 spiro atoms. The summed E-state index contributed by atoms with van der Waals surface area (Å²) in [6.45, 7) is 2.07. The minimum absolute atomic E-state index is 0.00645. The Balaban J connectivity index is 1.50. The second-order valence-corrected chi connectivity index (χ2v) is 12.3. The fourth-order valence-electron chi connectivity index (χ4n) is 6.13. The van der Waals surface area contributed by atoms with Crippen molar-refractivity contribution in [2.75, 3.05) is 56.7 Å². The first-order chi connectivity index (χ1) is 20.2. The predicted octanol–water partition coefficient (Wildman–Crippen LogP) is 3.67. The molecule has 10 nitrogen and oxygen atoms in total. The summed E-state index contributed by atoms with van der Waals surface area (Å²) < 4.78 is 39.2. The molecule has 42 heavy (non-hydrogen) atoms. The number of likely N-dealkylation sites (tertiary alicyclic amines) is 1. The highest BCUT2D eigenvalue weighted by atomic mass is 32.1. The Hall–Kier alpha value is -4.12. The number of nitrogens with zero attached hydrogens (tertiary/aromatic N) is 6. The number of anilines is 3. The van der Waals surface area contributed by atoms with Crippen LogP contribution in [0.1, 0.15) is 23.1 Å². The maximum absolute atomic E-state index is 17.0. The number of hydrogen-bond donors (Lipinski definition) is 2. The van der Waals surface area contributed by atoms with Gasteiger partial charge in [0.25, 0.3) is 0 Å². The normalized spacial score (nSPS) is 18.8. The topological polar surface area (TPSA) is 124 Å². The fourth-order valence-corrected chi connectivity index (χ4v) is 7.06. The zero-order chi connectivity index (χ0) is 29.4. The molecule has 2 aromatic carbocycles. The Kier molecular flexibility index (Phi) is 6.19. The third-order valence-electron chi connectivity index (χ3n) is 8.59. The highest BCUT2D eigenvalue weighted by molar-refractivity contribution is 7.23. The lowest BCUT2D eigenvalue weighted by atomic mass is 9.90. The number of benzene rings is 2. The summed E-state index contributed by atoms with van der Waals surface area (Å²) in [5, 5.41) is 14.1. The van der Waals surface area contributed by atoms with Gasteiger partial charge in [0.15, 0.2) is 5.82 Å². The number of aromatic nitrogens is 2. The van der Waals surface area contributed by atoms with E-state index in [9.17, 15) is 10.1 Å². The van der Waals surface area contributed by atoms with E-state index < -0.39 is 17.7 Å². The van der Waals surface area contributed by atoms with Gasteiger partial charge in [0.05, 0.1) is 24.2 Å². The Labute approximate surface area is 244 Å². The number of likely N-dealkylation sites (N-methyl/N-ethyl adjacent to an activating group) is 2. The van der Waals surface area contributed by atoms with Crippen LogP contribution in [-0.2, 0) is 22.7 Å². The van der Waals surface area contributed by atoms with Crippen LogP contribution in [0.2, 0.25) is 0 Å². The first-order valence-electron chi connectivity index (χ1n) is 13.6. The zero-order valence-corrected chi connectivity index (χ0v) is 24.1. The summed E-state index contributed by atoms with van der Waals surface area (Å²) >= 11 is 1.16. The molecule has 2 fully saturated rings. The van der Waals surface area contributed by atoms with Crippen LogP contribution >= 0.6 is 11.3 Å². The molecule has 5 heterocycles. The number of amides is 1. The van der Waals surface area contributed by atoms with Crippen LogP contribution in [0, 0.1) is 23.0 Å². The summed E-state index contributed by atoms with van der Waals surface area (Å²) in [4.78, 5) is 28.1. The van der Waals surface area contributed by atoms with Gasteiger partial charge in [-0.2, -0.15) is 10.2 Å². The Morgan fingerprint density at radius 2 is 1.93 bits per heavy atom. The summed E-state index contributed by atoms with van der Waals surface area (Å²) in [5.41, 5.74) is 7.30. The average molecular weight is 591 g/mol. The van der Waals surface area contributed by atoms with Crippen molar-refractivity contribution in [2.24, 2.45) is 0 Å². The second kappa shape index (κ2) is 9.72. The number of hydrogen-bond acceptors (Lipinski definition) is 10. The molecule has 13 heteroatoms. The fraction of sp³-hybridized carbons (Fsp3) is 0.379. The smallest absolute Gasteiger partial charge is 0.244 e. The van der Waals surface area contributed by atoms with Crippen LogP contribution in [-0.4, -0.2) is 78.5 Å². The first-order valence-corrected chi connectivity index (χ1v) is 14.5. The number of carbonyl (C=O) groups is 1. The van der Waals surface area contributed by atoms with Crippen LogP contribution in [0.4, 0.5) is 25.5 Å². The van der Waals surface area contributed by atoms with E-state index in [4.69, 9.17) is 20.4 Å². The van der Waals surface area contributed by atoms with Crippen molar-refractivity contribution in [3.8, 4) is 17.2 Å². The lowest BCUT2D eigenvalue weighted by Crippen LogP contribution is -2.58. The quantitative estimate of drug-likeness (QED) is 0.358. The van der Waals surface area contributed by atoms with Gasteiger partial charge < -0.3 is 30.5 Å². The van der Waals surface area contributed by atoms with Gasteiger partial charge in [0.2, 0.25) is 11.9 Å². The molecule has 4 aromatic rings. The molecule has 0 bridgehead atoms. The number of thiophene rings is 1. The van der Waals surface area contributed by atoms with E-state index in [0.29, 0.717) is 65.1 Å². The first kappa shape index (κ1) is 26.8. The van der Waals surface area contributed by atoms with Gasteiger partial charge >= 0.3 is 0 Å². The molecule has 3 aliphatic rings. The van der Waals surface area contributed by atoms with E-state index >= 15 is 8.78 Å². The van der Waals surface area contributed by atoms with Crippen LogP contribution in [0.3, 0.4) is 0 Å². The van der Waals surface area contributed by atoms with Gasteiger partial charge in [-0.25, -0.2) is 13.8 Å². The Morgan fingerprint density at radius 1 is 1.17 bits per heavy atom. The van der Waals surface area contributed by atoms with Crippen LogP contribution in [0.15, 0.2) is 12.1 Å². The summed E-state index contributed by atoms with van der Waals surface area (Å²) in [7, 11) is 5.74. The third kappa shape index (κ3) is 3.89. The maximum Gasteiger partial charge on any atom is 0.244 e. The van der Waals surface area contributed by atoms with Gasteiger partial charge in [0, 0.05) is 53.9 Å². The molecular formula is C29H28F2N8O2S. The van der Waals surface area contributed by atoms with Crippen molar-refractivity contribution in [1.29, 1.82) is 5.26 Å². The van der Waals surface area contributed by atoms with Crippen molar-refractivity contribution in [2.45, 2.75) is 31.7 Å². The Morgan fingerprint density at radius 3 is 2.62 bits per heavy atom. The van der Waals surface area contributed by atoms with E-state index in [2.05, 4.69) is 16.3 Å². The number of nitriles is 1. The lowest BCUT2D eigenvalue weighted by Gasteiger charge is -2.42. The van der Waals surface area contributed by atoms with Gasteiger partial charge in [-0.05, 0) is 43.8 Å². The molecule has 1 atom stereocenters. The molecule has 2 saturated heterocycles. The largest absolute Gasteiger partial charge is 0.389 e. The van der Waals surface area contributed by atoms with Crippen molar-refractivity contribution in [1.82, 2.24) is 19.8 Å². The highest BCUT2D eigenvalue weighted by Gasteiger charge is 2.36. The van der Waals surface area contributed by atoms with Gasteiger partial charge in [-0.3, -0.25) is 4.79 Å². The standard InChI is InChI=1S/C29H28F2N8O2S/c1-37(2)13-9-39(10-13)29-35-25-22(27(36-29)34-18-6-7-38(3)28(18)40)16-12-41-11-15(16)21(24(25)31)23-17(30)4-5-19-20(23)14(8-32)26(33)42-19/h4-5,13,18H,6-7,9-12,33H2,1-3H3,(H,34,35,36)/t18-/m1/s1. The molecule has 0 radical (unpaired) electrons. The van der Waals surface area contributed by atoms with E-state index in [1.165, 1.54) is 6.07 Å². The molecule has 216 valence electrons. The lowest BCUT2D eigenvalue weighted by molar-refractivity contribution is -0.127. The minimum atomic E-state index is -0.736. The van der Waals surface area contributed by atoms with Crippen molar-refractivity contribution in [3.05, 3.63) is 40.5 Å². The SMILES string of the molecule is CN1CC[C@@H](Nc2nc(N3CC(N(C)C)C3)nc3c(F)c(-c4c(F)ccc5sc(N)c(C#N)c45)c4c(c23)COC4)C1=O. The van der Waals surface area contributed by atoms with Gasteiger partial charge in [0.1, 0.15) is 34.3 Å². The number of nitrogen functional groups attached to an aromatic ring is 1. The van der Waals surface area contributed by atoms with E-state index in [1.807, 2.05) is 19.0 Å². The zero-order valence-electron chi connectivity index (χ0n) is 23.3. The van der Waals surface area contributed by atoms with Crippen LogP contribution in [0.25, 0.3) is 32.1 Å².